The molecular formula is C23H45N3O9S2. The van der Waals surface area contributed by atoms with Crippen LogP contribution in [0.5, 0.6) is 0 Å². The largest absolute Gasteiger partial charge is 0.351 e. The molecule has 0 radical (unpaired) electrons. The molecule has 0 heterocycles. The van der Waals surface area contributed by atoms with Crippen LogP contribution in [0.15, 0.2) is 0 Å². The van der Waals surface area contributed by atoms with Crippen molar-refractivity contribution >= 4 is 38.0 Å². The maximum Gasteiger partial charge on any atom is 0.267 e. The van der Waals surface area contributed by atoms with Gasteiger partial charge in [0.25, 0.3) is 20.2 Å². The van der Waals surface area contributed by atoms with Crippen LogP contribution >= 0.6 is 0 Å². The molecule has 0 aliphatic rings. The summed E-state index contributed by atoms with van der Waals surface area (Å²) in [6.07, 6.45) is 0.446. The molecule has 0 fully saturated rings. The molecule has 0 aromatic carbocycles. The summed E-state index contributed by atoms with van der Waals surface area (Å²) >= 11 is 0. The van der Waals surface area contributed by atoms with Gasteiger partial charge < -0.3 is 16.0 Å². The Hall–Kier alpha value is -1.77. The molecule has 14 heteroatoms. The van der Waals surface area contributed by atoms with Gasteiger partial charge in [0.05, 0.1) is 22.6 Å². The van der Waals surface area contributed by atoms with Gasteiger partial charge in [0, 0.05) is 23.3 Å². The summed E-state index contributed by atoms with van der Waals surface area (Å²) in [5, 5.41) is 8.03. The molecule has 3 amide bonds. The topological polar surface area (TPSA) is 196 Å². The van der Waals surface area contributed by atoms with Gasteiger partial charge in [-0.05, 0) is 67.7 Å². The van der Waals surface area contributed by atoms with Crippen molar-refractivity contribution in [1.82, 2.24) is 16.0 Å². The first-order valence-electron chi connectivity index (χ1n) is 12.1. The molecule has 0 saturated heterocycles. The van der Waals surface area contributed by atoms with Gasteiger partial charge in [0.1, 0.15) is 0 Å². The van der Waals surface area contributed by atoms with Crippen LogP contribution in [0.25, 0.3) is 0 Å². The number of rotatable bonds is 14. The highest BCUT2D eigenvalue weighted by atomic mass is 32.2. The van der Waals surface area contributed by atoms with E-state index in [4.69, 9.17) is 4.55 Å². The molecule has 0 aromatic heterocycles. The molecular weight excluding hydrogens is 526 g/mol. The van der Waals surface area contributed by atoms with E-state index in [1.807, 2.05) is 20.8 Å². The predicted octanol–water partition coefficient (Wildman–Crippen LogP) is 1.53. The number of hydrogen-bond acceptors (Lipinski definition) is 7. The van der Waals surface area contributed by atoms with E-state index in [1.54, 1.807) is 13.8 Å². The van der Waals surface area contributed by atoms with E-state index in [0.29, 0.717) is 6.42 Å². The number of carbonyl (C=O) groups is 3. The van der Waals surface area contributed by atoms with Crippen LogP contribution in [0, 0.1) is 17.8 Å². The fraction of sp³-hybridized carbons (Fsp3) is 0.870. The zero-order valence-electron chi connectivity index (χ0n) is 23.3. The Morgan fingerprint density at radius 3 is 1.41 bits per heavy atom. The number of carbonyl (C=O) groups excluding carboxylic acids is 3. The molecule has 5 N–H and O–H groups in total. The minimum absolute atomic E-state index is 0.0269. The lowest BCUT2D eigenvalue weighted by molar-refractivity contribution is -0.131. The average Bonchev–Trinajstić information content (AvgIpc) is 2.57. The fourth-order valence-corrected chi connectivity index (χ4v) is 5.96. The third kappa shape index (κ3) is 15.9. The van der Waals surface area contributed by atoms with Crippen LogP contribution in [0.3, 0.4) is 0 Å². The normalized spacial score (nSPS) is 15.9. The summed E-state index contributed by atoms with van der Waals surface area (Å²) in [5.41, 5.74) is -3.13. The van der Waals surface area contributed by atoms with E-state index in [2.05, 4.69) is 16.0 Å². The standard InChI is InChI=1S/C23H45N3O9S2/c1-10-16(19(28)24-21(3,4)5)12-17(20(29)26-23(8,9)14-37(33,34)35)11-15(2)18(27)25-22(6,7)13-36(30,31)32/h15-17H,10-14H2,1-9H3,(H,24,28)(H,25,27)(H,26,29)(H,30,31,32)(H,33,34,35). The minimum atomic E-state index is -4.40. The van der Waals surface area contributed by atoms with E-state index in [9.17, 15) is 35.8 Å². The summed E-state index contributed by atoms with van der Waals surface area (Å²) in [7, 11) is -8.76. The van der Waals surface area contributed by atoms with Gasteiger partial charge in [-0.1, -0.05) is 13.8 Å². The van der Waals surface area contributed by atoms with Crippen molar-refractivity contribution in [3.8, 4) is 0 Å². The minimum Gasteiger partial charge on any atom is -0.351 e. The van der Waals surface area contributed by atoms with Gasteiger partial charge in [0.2, 0.25) is 17.7 Å². The van der Waals surface area contributed by atoms with Crippen LogP contribution in [0.1, 0.15) is 81.6 Å². The lowest BCUT2D eigenvalue weighted by Crippen LogP contribution is -2.52. The lowest BCUT2D eigenvalue weighted by Gasteiger charge is -2.31. The summed E-state index contributed by atoms with van der Waals surface area (Å²) in [5.74, 6) is -5.13. The first-order valence-corrected chi connectivity index (χ1v) is 15.3. The van der Waals surface area contributed by atoms with Gasteiger partial charge in [-0.3, -0.25) is 23.5 Å². The highest BCUT2D eigenvalue weighted by molar-refractivity contribution is 7.86. The van der Waals surface area contributed by atoms with Gasteiger partial charge in [-0.15, -0.1) is 0 Å². The molecule has 3 atom stereocenters. The monoisotopic (exact) mass is 571 g/mol. The number of amides is 3. The second kappa shape index (κ2) is 12.9. The summed E-state index contributed by atoms with van der Waals surface area (Å²) < 4.78 is 63.7. The first kappa shape index (κ1) is 35.2. The second-order valence-corrected chi connectivity index (χ2v) is 15.0. The Morgan fingerprint density at radius 2 is 1.05 bits per heavy atom. The van der Waals surface area contributed by atoms with E-state index < -0.39 is 77.9 Å². The van der Waals surface area contributed by atoms with Crippen LogP contribution in [-0.2, 0) is 34.6 Å². The summed E-state index contributed by atoms with van der Waals surface area (Å²) in [6, 6.07) is 0. The third-order valence-corrected chi connectivity index (χ3v) is 7.57. The van der Waals surface area contributed by atoms with Crippen LogP contribution in [0.4, 0.5) is 0 Å². The van der Waals surface area contributed by atoms with Crippen molar-refractivity contribution in [2.24, 2.45) is 17.8 Å². The molecule has 0 rings (SSSR count). The summed E-state index contributed by atoms with van der Waals surface area (Å²) in [4.78, 5) is 39.0. The smallest absolute Gasteiger partial charge is 0.267 e. The Labute approximate surface area is 221 Å². The van der Waals surface area contributed by atoms with Crippen molar-refractivity contribution < 1.29 is 40.3 Å². The van der Waals surface area contributed by atoms with E-state index in [0.717, 1.165) is 0 Å². The Kier molecular flexibility index (Phi) is 12.2. The lowest BCUT2D eigenvalue weighted by atomic mass is 9.84. The molecule has 12 nitrogen and oxygen atoms in total. The van der Waals surface area contributed by atoms with E-state index >= 15 is 0 Å². The summed E-state index contributed by atoms with van der Waals surface area (Å²) in [6.45, 7) is 14.5. The zero-order chi connectivity index (χ0) is 29.6. The van der Waals surface area contributed by atoms with Crippen molar-refractivity contribution in [1.29, 1.82) is 0 Å². The molecule has 0 saturated carbocycles. The second-order valence-electron chi connectivity index (χ2n) is 12.1. The molecule has 0 aliphatic carbocycles. The molecule has 0 aromatic rings. The van der Waals surface area contributed by atoms with Gasteiger partial charge >= 0.3 is 0 Å². The highest BCUT2D eigenvalue weighted by Crippen LogP contribution is 2.25. The third-order valence-electron chi connectivity index (χ3n) is 5.40. The predicted molar refractivity (Wildman–Crippen MR) is 141 cm³/mol. The molecule has 0 spiro atoms. The molecule has 218 valence electrons. The van der Waals surface area contributed by atoms with Crippen molar-refractivity contribution in [3.63, 3.8) is 0 Å². The quantitative estimate of drug-likeness (QED) is 0.192. The van der Waals surface area contributed by atoms with E-state index in [1.165, 1.54) is 27.7 Å². The highest BCUT2D eigenvalue weighted by Gasteiger charge is 2.35. The van der Waals surface area contributed by atoms with E-state index in [-0.39, 0.29) is 18.7 Å². The molecule has 0 aliphatic heterocycles. The van der Waals surface area contributed by atoms with Crippen LogP contribution < -0.4 is 16.0 Å². The average molecular weight is 572 g/mol. The Bertz CT molecular complexity index is 1030. The van der Waals surface area contributed by atoms with Gasteiger partial charge in [0.15, 0.2) is 0 Å². The van der Waals surface area contributed by atoms with Crippen molar-refractivity contribution in [2.45, 2.75) is 98.2 Å². The van der Waals surface area contributed by atoms with Crippen LogP contribution in [0.2, 0.25) is 0 Å². The Morgan fingerprint density at radius 1 is 0.676 bits per heavy atom. The number of hydrogen-bond donors (Lipinski definition) is 5. The van der Waals surface area contributed by atoms with Crippen molar-refractivity contribution in [2.75, 3.05) is 11.5 Å². The zero-order valence-corrected chi connectivity index (χ0v) is 25.0. The molecule has 3 unspecified atom stereocenters. The molecule has 0 bridgehead atoms. The maximum atomic E-state index is 13.3. The molecule has 37 heavy (non-hydrogen) atoms. The maximum absolute atomic E-state index is 13.3. The first-order chi connectivity index (χ1) is 16.3. The van der Waals surface area contributed by atoms with Crippen LogP contribution in [-0.4, -0.2) is 71.8 Å². The fourth-order valence-electron chi connectivity index (χ4n) is 3.99. The Balaban J connectivity index is 5.90. The van der Waals surface area contributed by atoms with Gasteiger partial charge in [-0.25, -0.2) is 0 Å². The van der Waals surface area contributed by atoms with Crippen molar-refractivity contribution in [3.05, 3.63) is 0 Å². The number of nitrogens with one attached hydrogen (secondary N) is 3. The SMILES string of the molecule is CCC(CC(CC(C)C(=O)NC(C)(C)CS(=O)(=O)O)C(=O)NC(C)(C)CS(=O)(=O)O)C(=O)NC(C)(C)C. The van der Waals surface area contributed by atoms with Gasteiger partial charge in [-0.2, -0.15) is 16.8 Å².